The summed E-state index contributed by atoms with van der Waals surface area (Å²) in [5, 5.41) is 0. The number of rotatable bonds is 9. The van der Waals surface area contributed by atoms with Gasteiger partial charge in [-0.25, -0.2) is 4.79 Å². The summed E-state index contributed by atoms with van der Waals surface area (Å²) in [5.41, 5.74) is 2.07. The van der Waals surface area contributed by atoms with Crippen molar-refractivity contribution in [1.29, 1.82) is 0 Å². The molecule has 3 nitrogen and oxygen atoms in total. The number of nitrogens with zero attached hydrogens (tertiary/aromatic N) is 1. The molecule has 0 aliphatic carbocycles. The van der Waals surface area contributed by atoms with Gasteiger partial charge in [-0.3, -0.25) is 0 Å². The van der Waals surface area contributed by atoms with Crippen LogP contribution in [0.4, 0.5) is 0 Å². The first kappa shape index (κ1) is 22.4. The highest BCUT2D eigenvalue weighted by atomic mass is 35.5. The molecule has 1 aliphatic rings. The van der Waals surface area contributed by atoms with E-state index in [2.05, 4.69) is 35.2 Å². The lowest BCUT2D eigenvalue weighted by atomic mass is 9.96. The second-order valence-corrected chi connectivity index (χ2v) is 7.42. The molecule has 0 N–H and O–H groups in total. The van der Waals surface area contributed by atoms with Gasteiger partial charge in [-0.05, 0) is 62.8 Å². The van der Waals surface area contributed by atoms with Gasteiger partial charge in [-0.1, -0.05) is 55.0 Å². The van der Waals surface area contributed by atoms with Crippen LogP contribution in [0.3, 0.4) is 0 Å². The van der Waals surface area contributed by atoms with Crippen molar-refractivity contribution in [2.24, 2.45) is 0 Å². The van der Waals surface area contributed by atoms with E-state index >= 15 is 0 Å². The highest BCUT2D eigenvalue weighted by Gasteiger charge is 2.21. The summed E-state index contributed by atoms with van der Waals surface area (Å²) in [6.07, 6.45) is 8.52. The van der Waals surface area contributed by atoms with Crippen LogP contribution >= 0.6 is 0 Å². The molecule has 2 aromatic carbocycles. The van der Waals surface area contributed by atoms with E-state index in [1.807, 2.05) is 18.2 Å². The maximum atomic E-state index is 12.0. The van der Waals surface area contributed by atoms with Crippen molar-refractivity contribution in [3.8, 4) is 0 Å². The molecule has 1 aliphatic heterocycles. The molecule has 1 atom stereocenters. The third-order valence-corrected chi connectivity index (χ3v) is 5.43. The standard InChI is InChI=1S/C24H31NO2.ClH/c26-24(22-14-5-2-6-15-22)27-20-10-19-25-18-8-7-16-23(25)17-9-13-21-11-3-1-4-12-21;/h1-6,11-12,14-15,23H,7-10,13,16-20H2;1H. The highest BCUT2D eigenvalue weighted by molar-refractivity contribution is 5.89. The maximum Gasteiger partial charge on any atom is 1.00 e. The molecule has 4 heteroatoms. The number of piperidine rings is 1. The number of hydrogen-bond donors (Lipinski definition) is 0. The van der Waals surface area contributed by atoms with Crippen LogP contribution in [0.15, 0.2) is 60.7 Å². The maximum absolute atomic E-state index is 12.0. The molecule has 1 heterocycles. The summed E-state index contributed by atoms with van der Waals surface area (Å²) < 4.78 is 5.43. The van der Waals surface area contributed by atoms with Crippen LogP contribution in [0, 0.1) is 0 Å². The zero-order chi connectivity index (χ0) is 18.7. The Morgan fingerprint density at radius 3 is 2.46 bits per heavy atom. The normalized spacial score (nSPS) is 16.9. The Bertz CT molecular complexity index is 684. The summed E-state index contributed by atoms with van der Waals surface area (Å²) in [5.74, 6) is -0.214. The third kappa shape index (κ3) is 7.29. The first-order valence-corrected chi connectivity index (χ1v) is 10.3. The fraction of sp³-hybridized carbons (Fsp3) is 0.458. The van der Waals surface area contributed by atoms with Gasteiger partial charge in [0, 0.05) is 12.6 Å². The van der Waals surface area contributed by atoms with Crippen LogP contribution in [0.1, 0.15) is 55.9 Å². The number of halogens is 1. The van der Waals surface area contributed by atoms with Gasteiger partial charge >= 0.3 is 7.40 Å². The Hall–Kier alpha value is -1.84. The van der Waals surface area contributed by atoms with Crippen molar-refractivity contribution in [1.82, 2.24) is 4.90 Å². The van der Waals surface area contributed by atoms with Gasteiger partial charge in [0.2, 0.25) is 0 Å². The SMILES string of the molecule is O=C(OCCCN1CCCCC1CCCc1ccccc1)c1ccccc1.[Cl-].[H+]. The number of esters is 1. The largest absolute Gasteiger partial charge is 1.00 e. The Morgan fingerprint density at radius 2 is 1.71 bits per heavy atom. The molecule has 3 rings (SSSR count). The number of carbonyl (C=O) groups excluding carboxylic acids is 1. The van der Waals surface area contributed by atoms with Crippen molar-refractivity contribution < 1.29 is 23.4 Å². The predicted octanol–water partition coefficient (Wildman–Crippen LogP) is 2.23. The quantitative estimate of drug-likeness (QED) is 0.476. The first-order chi connectivity index (χ1) is 13.3. The molecule has 1 unspecified atom stereocenters. The van der Waals surface area contributed by atoms with Gasteiger partial charge in [0.15, 0.2) is 0 Å². The number of benzene rings is 2. The van der Waals surface area contributed by atoms with Crippen LogP contribution < -0.4 is 12.4 Å². The minimum Gasteiger partial charge on any atom is -1.00 e. The summed E-state index contributed by atoms with van der Waals surface area (Å²) in [7, 11) is 0. The number of aryl methyl sites for hydroxylation is 1. The zero-order valence-electron chi connectivity index (χ0n) is 17.6. The Morgan fingerprint density at radius 1 is 1.00 bits per heavy atom. The van der Waals surface area contributed by atoms with Gasteiger partial charge < -0.3 is 22.0 Å². The average Bonchev–Trinajstić information content (AvgIpc) is 2.73. The van der Waals surface area contributed by atoms with E-state index < -0.39 is 0 Å². The van der Waals surface area contributed by atoms with Crippen LogP contribution in [0.25, 0.3) is 0 Å². The van der Waals surface area contributed by atoms with Crippen molar-refractivity contribution in [2.45, 2.75) is 51.0 Å². The molecule has 0 aromatic heterocycles. The molecule has 1 fully saturated rings. The summed E-state index contributed by atoms with van der Waals surface area (Å²) in [4.78, 5) is 14.6. The van der Waals surface area contributed by atoms with Crippen molar-refractivity contribution in [2.75, 3.05) is 19.7 Å². The number of ether oxygens (including phenoxy) is 1. The fourth-order valence-corrected chi connectivity index (χ4v) is 3.96. The monoisotopic (exact) mass is 401 g/mol. The first-order valence-electron chi connectivity index (χ1n) is 10.3. The van der Waals surface area contributed by atoms with Crippen LogP contribution in [0.2, 0.25) is 0 Å². The Kier molecular flexibility index (Phi) is 10.1. The van der Waals surface area contributed by atoms with E-state index in [0.29, 0.717) is 18.2 Å². The minimum atomic E-state index is -0.214. The Labute approximate surface area is 177 Å². The average molecular weight is 402 g/mol. The molecule has 1 saturated heterocycles. The summed E-state index contributed by atoms with van der Waals surface area (Å²) in [6.45, 7) is 2.71. The van der Waals surface area contributed by atoms with Crippen molar-refractivity contribution in [3.63, 3.8) is 0 Å². The van der Waals surface area contributed by atoms with Gasteiger partial charge in [-0.2, -0.15) is 0 Å². The zero-order valence-corrected chi connectivity index (χ0v) is 17.3. The van der Waals surface area contributed by atoms with Gasteiger partial charge in [0.1, 0.15) is 0 Å². The van der Waals surface area contributed by atoms with Gasteiger partial charge in [-0.15, -0.1) is 0 Å². The minimum absolute atomic E-state index is 0. The molecule has 0 radical (unpaired) electrons. The van der Waals surface area contributed by atoms with Gasteiger partial charge in [0.25, 0.3) is 0 Å². The van der Waals surface area contributed by atoms with E-state index in [9.17, 15) is 4.79 Å². The number of hydrogen-bond acceptors (Lipinski definition) is 3. The molecule has 0 bridgehead atoms. The predicted molar refractivity (Wildman–Crippen MR) is 111 cm³/mol. The fourth-order valence-electron chi connectivity index (χ4n) is 3.96. The van der Waals surface area contributed by atoms with Crippen LogP contribution in [-0.4, -0.2) is 36.6 Å². The van der Waals surface area contributed by atoms with Gasteiger partial charge in [0.05, 0.1) is 12.2 Å². The second kappa shape index (κ2) is 12.6. The smallest absolute Gasteiger partial charge is 1.00 e. The van der Waals surface area contributed by atoms with E-state index in [-0.39, 0.29) is 19.8 Å². The number of carbonyl (C=O) groups is 1. The topological polar surface area (TPSA) is 29.5 Å². The summed E-state index contributed by atoms with van der Waals surface area (Å²) >= 11 is 0. The molecule has 2 aromatic rings. The molecule has 0 saturated carbocycles. The third-order valence-electron chi connectivity index (χ3n) is 5.43. The van der Waals surface area contributed by atoms with Crippen molar-refractivity contribution >= 4 is 5.97 Å². The molecular weight excluding hydrogens is 370 g/mol. The van der Waals surface area contributed by atoms with Crippen LogP contribution in [0.5, 0.6) is 0 Å². The lowest BCUT2D eigenvalue weighted by Crippen LogP contribution is -3.00. The number of likely N-dealkylation sites (tertiary alicyclic amines) is 1. The molecule has 0 amide bonds. The lowest BCUT2D eigenvalue weighted by Gasteiger charge is -2.36. The molecule has 28 heavy (non-hydrogen) atoms. The molecule has 152 valence electrons. The summed E-state index contributed by atoms with van der Waals surface area (Å²) in [6, 6.07) is 20.7. The highest BCUT2D eigenvalue weighted by Crippen LogP contribution is 2.22. The van der Waals surface area contributed by atoms with E-state index in [1.54, 1.807) is 12.1 Å². The lowest BCUT2D eigenvalue weighted by molar-refractivity contribution is -0.0000250. The second-order valence-electron chi connectivity index (χ2n) is 7.42. The molecular formula is C24H32ClNO2. The van der Waals surface area contributed by atoms with E-state index in [1.165, 1.54) is 50.6 Å². The van der Waals surface area contributed by atoms with Crippen molar-refractivity contribution in [3.05, 3.63) is 71.8 Å². The Balaban J connectivity index is 0.00000210. The van der Waals surface area contributed by atoms with E-state index in [4.69, 9.17) is 4.74 Å². The van der Waals surface area contributed by atoms with Crippen LogP contribution in [-0.2, 0) is 11.2 Å². The van der Waals surface area contributed by atoms with E-state index in [0.717, 1.165) is 13.0 Å². The molecule has 0 spiro atoms.